The van der Waals surface area contributed by atoms with Crippen molar-refractivity contribution in [3.05, 3.63) is 23.8 Å². The molecule has 0 saturated heterocycles. The summed E-state index contributed by atoms with van der Waals surface area (Å²) in [6.45, 7) is 2.47. The highest BCUT2D eigenvalue weighted by molar-refractivity contribution is 5.84. The fourth-order valence-corrected chi connectivity index (χ4v) is 3.11. The zero-order valence-corrected chi connectivity index (χ0v) is 13.0. The van der Waals surface area contributed by atoms with Crippen molar-refractivity contribution in [2.45, 2.75) is 51.1 Å². The Bertz CT molecular complexity index is 640. The zero-order valence-electron chi connectivity index (χ0n) is 13.0. The Labute approximate surface area is 128 Å². The summed E-state index contributed by atoms with van der Waals surface area (Å²) in [5.74, 6) is -0.0113. The van der Waals surface area contributed by atoms with Crippen LogP contribution in [0.15, 0.2) is 12.5 Å². The number of rotatable bonds is 4. The number of amides is 1. The summed E-state index contributed by atoms with van der Waals surface area (Å²) in [5, 5.41) is 18.6. The zero-order chi connectivity index (χ0) is 15.6. The van der Waals surface area contributed by atoms with E-state index in [2.05, 4.69) is 25.9 Å². The molecule has 8 heteroatoms. The molecule has 1 fully saturated rings. The molecule has 0 radical (unpaired) electrons. The van der Waals surface area contributed by atoms with Crippen LogP contribution in [-0.2, 0) is 23.9 Å². The predicted molar refractivity (Wildman–Crippen MR) is 78.7 cm³/mol. The Morgan fingerprint density at radius 2 is 2.14 bits per heavy atom. The van der Waals surface area contributed by atoms with E-state index in [0.29, 0.717) is 6.54 Å². The average molecular weight is 303 g/mol. The van der Waals surface area contributed by atoms with Gasteiger partial charge in [0.15, 0.2) is 0 Å². The summed E-state index contributed by atoms with van der Waals surface area (Å²) >= 11 is 0. The minimum absolute atomic E-state index is 0.0113. The molecule has 2 aromatic heterocycles. The van der Waals surface area contributed by atoms with E-state index in [4.69, 9.17) is 0 Å². The Morgan fingerprint density at radius 3 is 2.73 bits per heavy atom. The molecular weight excluding hydrogens is 282 g/mol. The van der Waals surface area contributed by atoms with Crippen molar-refractivity contribution in [2.75, 3.05) is 0 Å². The van der Waals surface area contributed by atoms with Crippen molar-refractivity contribution in [3.8, 4) is 0 Å². The second-order valence-corrected chi connectivity index (χ2v) is 5.91. The van der Waals surface area contributed by atoms with Crippen molar-refractivity contribution in [1.29, 1.82) is 0 Å². The van der Waals surface area contributed by atoms with Gasteiger partial charge in [0.1, 0.15) is 11.9 Å². The van der Waals surface area contributed by atoms with Gasteiger partial charge in [-0.2, -0.15) is 5.10 Å². The van der Waals surface area contributed by atoms with Gasteiger partial charge in [0, 0.05) is 24.8 Å². The van der Waals surface area contributed by atoms with Crippen LogP contribution in [0.2, 0.25) is 0 Å². The smallest absolute Gasteiger partial charge is 0.248 e. The van der Waals surface area contributed by atoms with E-state index in [1.54, 1.807) is 21.9 Å². The van der Waals surface area contributed by atoms with E-state index in [1.165, 1.54) is 0 Å². The molecule has 1 aliphatic rings. The van der Waals surface area contributed by atoms with Gasteiger partial charge in [-0.05, 0) is 30.2 Å². The number of aryl methyl sites for hydroxylation is 1. The molecule has 0 bridgehead atoms. The first-order chi connectivity index (χ1) is 10.6. The lowest BCUT2D eigenvalue weighted by atomic mass is 9.81. The molecule has 118 valence electrons. The summed E-state index contributed by atoms with van der Waals surface area (Å²) < 4.78 is 3.43. The Hall–Kier alpha value is -2.25. The van der Waals surface area contributed by atoms with Crippen molar-refractivity contribution in [3.63, 3.8) is 0 Å². The number of aromatic nitrogens is 6. The Kier molecular flexibility index (Phi) is 3.91. The molecule has 1 N–H and O–H groups in total. The van der Waals surface area contributed by atoms with Crippen molar-refractivity contribution in [2.24, 2.45) is 7.05 Å². The molecule has 1 saturated carbocycles. The predicted octanol–water partition coefficient (Wildman–Crippen LogP) is 0.691. The second kappa shape index (κ2) is 5.86. The number of tetrazole rings is 1. The minimum Gasteiger partial charge on any atom is -0.350 e. The van der Waals surface area contributed by atoms with Gasteiger partial charge in [-0.1, -0.05) is 19.3 Å². The molecule has 22 heavy (non-hydrogen) atoms. The molecule has 2 aromatic rings. The maximum atomic E-state index is 12.9. The highest BCUT2D eigenvalue weighted by Gasteiger charge is 2.42. The SMILES string of the molecule is Cc1c(CNC(=O)C2(n3cnnn3)CCCCC2)cnn1C. The van der Waals surface area contributed by atoms with Crippen LogP contribution in [0.5, 0.6) is 0 Å². The number of hydrogen-bond acceptors (Lipinski definition) is 5. The Balaban J connectivity index is 1.77. The van der Waals surface area contributed by atoms with E-state index in [9.17, 15) is 4.79 Å². The first kappa shape index (κ1) is 14.7. The number of nitrogens with one attached hydrogen (secondary N) is 1. The number of carbonyl (C=O) groups excluding carboxylic acids is 1. The van der Waals surface area contributed by atoms with Gasteiger partial charge in [-0.15, -0.1) is 5.10 Å². The van der Waals surface area contributed by atoms with Gasteiger partial charge < -0.3 is 5.32 Å². The third kappa shape index (κ3) is 2.49. The van der Waals surface area contributed by atoms with Gasteiger partial charge in [-0.3, -0.25) is 9.48 Å². The van der Waals surface area contributed by atoms with Crippen LogP contribution in [0, 0.1) is 6.92 Å². The molecule has 3 rings (SSSR count). The maximum Gasteiger partial charge on any atom is 0.248 e. The first-order valence-electron chi connectivity index (χ1n) is 7.63. The quantitative estimate of drug-likeness (QED) is 0.897. The van der Waals surface area contributed by atoms with E-state index in [1.807, 2.05) is 14.0 Å². The summed E-state index contributed by atoms with van der Waals surface area (Å²) in [7, 11) is 1.89. The first-order valence-corrected chi connectivity index (χ1v) is 7.63. The Morgan fingerprint density at radius 1 is 1.36 bits per heavy atom. The van der Waals surface area contributed by atoms with E-state index < -0.39 is 5.54 Å². The van der Waals surface area contributed by atoms with Crippen molar-refractivity contribution < 1.29 is 4.79 Å². The molecule has 0 unspecified atom stereocenters. The lowest BCUT2D eigenvalue weighted by Gasteiger charge is -2.35. The maximum absolute atomic E-state index is 12.9. The van der Waals surface area contributed by atoms with Crippen molar-refractivity contribution in [1.82, 2.24) is 35.3 Å². The van der Waals surface area contributed by atoms with E-state index >= 15 is 0 Å². The summed E-state index contributed by atoms with van der Waals surface area (Å²) in [6, 6.07) is 0. The summed E-state index contributed by atoms with van der Waals surface area (Å²) in [4.78, 5) is 12.9. The largest absolute Gasteiger partial charge is 0.350 e. The van der Waals surface area contributed by atoms with Crippen LogP contribution >= 0.6 is 0 Å². The van der Waals surface area contributed by atoms with Gasteiger partial charge >= 0.3 is 0 Å². The average Bonchev–Trinajstić information content (AvgIpc) is 3.18. The summed E-state index contributed by atoms with van der Waals surface area (Å²) in [6.07, 6.45) is 8.06. The van der Waals surface area contributed by atoms with Crippen LogP contribution in [0.4, 0.5) is 0 Å². The highest BCUT2D eigenvalue weighted by atomic mass is 16.2. The van der Waals surface area contributed by atoms with Gasteiger partial charge in [0.05, 0.1) is 6.20 Å². The number of nitrogens with zero attached hydrogens (tertiary/aromatic N) is 6. The molecule has 8 nitrogen and oxygen atoms in total. The van der Waals surface area contributed by atoms with Crippen LogP contribution in [0.3, 0.4) is 0 Å². The molecule has 0 aliphatic heterocycles. The second-order valence-electron chi connectivity index (χ2n) is 5.91. The number of carbonyl (C=O) groups is 1. The van der Waals surface area contributed by atoms with E-state index in [0.717, 1.165) is 43.4 Å². The molecule has 1 amide bonds. The lowest BCUT2D eigenvalue weighted by Crippen LogP contribution is -2.50. The highest BCUT2D eigenvalue weighted by Crippen LogP contribution is 2.34. The van der Waals surface area contributed by atoms with Crippen molar-refractivity contribution >= 4 is 5.91 Å². The third-order valence-electron chi connectivity index (χ3n) is 4.67. The van der Waals surface area contributed by atoms with Crippen LogP contribution in [0.25, 0.3) is 0 Å². The molecule has 2 heterocycles. The topological polar surface area (TPSA) is 90.5 Å². The standard InChI is InChI=1S/C14H21N7O/c1-11-12(9-17-20(11)2)8-15-13(22)14(6-4-3-5-7-14)21-10-16-18-19-21/h9-10H,3-8H2,1-2H3,(H,15,22). The van der Waals surface area contributed by atoms with Gasteiger partial charge in [0.25, 0.3) is 0 Å². The number of hydrogen-bond donors (Lipinski definition) is 1. The molecule has 1 aliphatic carbocycles. The van der Waals surface area contributed by atoms with Crippen LogP contribution in [0.1, 0.15) is 43.4 Å². The van der Waals surface area contributed by atoms with Crippen LogP contribution in [-0.4, -0.2) is 35.9 Å². The van der Waals surface area contributed by atoms with E-state index in [-0.39, 0.29) is 5.91 Å². The fraction of sp³-hybridized carbons (Fsp3) is 0.643. The molecule has 0 spiro atoms. The minimum atomic E-state index is -0.655. The third-order valence-corrected chi connectivity index (χ3v) is 4.67. The normalized spacial score (nSPS) is 17.4. The van der Waals surface area contributed by atoms with Crippen LogP contribution < -0.4 is 5.32 Å². The molecule has 0 aromatic carbocycles. The van der Waals surface area contributed by atoms with Gasteiger partial charge in [-0.25, -0.2) is 4.68 Å². The van der Waals surface area contributed by atoms with Gasteiger partial charge in [0.2, 0.25) is 5.91 Å². The fourth-order valence-electron chi connectivity index (χ4n) is 3.11. The molecular formula is C14H21N7O. The summed E-state index contributed by atoms with van der Waals surface area (Å²) in [5.41, 5.74) is 1.43. The molecule has 0 atom stereocenters. The monoisotopic (exact) mass is 303 g/mol. The lowest BCUT2D eigenvalue weighted by molar-refractivity contribution is -0.132.